The van der Waals surface area contributed by atoms with Crippen LogP contribution in [0.15, 0.2) is 76.6 Å². The third kappa shape index (κ3) is 3.50. The summed E-state index contributed by atoms with van der Waals surface area (Å²) in [7, 11) is 0. The minimum absolute atomic E-state index is 0.0422. The Hall–Kier alpha value is -1.48. The van der Waals surface area contributed by atoms with Crippen LogP contribution in [0, 0.1) is 5.41 Å². The van der Waals surface area contributed by atoms with Gasteiger partial charge < -0.3 is 0 Å². The fourth-order valence-electron chi connectivity index (χ4n) is 1.52. The summed E-state index contributed by atoms with van der Waals surface area (Å²) in [5.74, 6) is 0. The molecule has 0 fully saturated rings. The molecular formula is C15H15BrN2. The molecule has 0 spiro atoms. The van der Waals surface area contributed by atoms with Gasteiger partial charge in [-0.25, -0.2) is 0 Å². The number of rotatable bonds is 3. The summed E-state index contributed by atoms with van der Waals surface area (Å²) in [5.41, 5.74) is 1.77. The fourth-order valence-corrected chi connectivity index (χ4v) is 1.89. The molecule has 3 heteroatoms. The lowest BCUT2D eigenvalue weighted by atomic mass is 9.93. The van der Waals surface area contributed by atoms with Crippen LogP contribution in [0.5, 0.6) is 0 Å². The highest BCUT2D eigenvalue weighted by Gasteiger charge is 2.16. The van der Waals surface area contributed by atoms with E-state index in [1.807, 2.05) is 48.6 Å². The van der Waals surface area contributed by atoms with Crippen LogP contribution >= 0.6 is 15.9 Å². The van der Waals surface area contributed by atoms with E-state index >= 15 is 0 Å². The Bertz CT molecular complexity index is 515. The Kier molecular flexibility index (Phi) is 4.26. The Morgan fingerprint density at radius 1 is 1.11 bits per heavy atom. The van der Waals surface area contributed by atoms with Crippen molar-refractivity contribution in [2.24, 2.45) is 15.6 Å². The van der Waals surface area contributed by atoms with Gasteiger partial charge in [0.1, 0.15) is 0 Å². The first-order valence-corrected chi connectivity index (χ1v) is 6.95. The number of alkyl halides is 1. The van der Waals surface area contributed by atoms with Gasteiger partial charge >= 0.3 is 0 Å². The van der Waals surface area contributed by atoms with Gasteiger partial charge in [0.05, 0.1) is 11.4 Å². The summed E-state index contributed by atoms with van der Waals surface area (Å²) in [6.45, 7) is 2.17. The van der Waals surface area contributed by atoms with Crippen molar-refractivity contribution in [1.82, 2.24) is 0 Å². The molecule has 1 atom stereocenters. The van der Waals surface area contributed by atoms with Gasteiger partial charge in [-0.15, -0.1) is 0 Å². The van der Waals surface area contributed by atoms with Crippen LogP contribution in [0.1, 0.15) is 6.92 Å². The van der Waals surface area contributed by atoms with Crippen molar-refractivity contribution >= 4 is 21.6 Å². The van der Waals surface area contributed by atoms with E-state index in [-0.39, 0.29) is 5.41 Å². The largest absolute Gasteiger partial charge is 0.151 e. The second kappa shape index (κ2) is 5.91. The van der Waals surface area contributed by atoms with Gasteiger partial charge in [0.15, 0.2) is 0 Å². The molecule has 0 aliphatic heterocycles. The lowest BCUT2D eigenvalue weighted by molar-refractivity contribution is 0.645. The van der Waals surface area contributed by atoms with Gasteiger partial charge in [-0.1, -0.05) is 59.3 Å². The van der Waals surface area contributed by atoms with Crippen molar-refractivity contribution in [1.29, 1.82) is 0 Å². The predicted octanol–water partition coefficient (Wildman–Crippen LogP) is 5.18. The summed E-state index contributed by atoms with van der Waals surface area (Å²) in [6, 6.07) is 9.74. The van der Waals surface area contributed by atoms with Crippen LogP contribution in [-0.2, 0) is 0 Å². The van der Waals surface area contributed by atoms with Crippen LogP contribution in [0.25, 0.3) is 0 Å². The summed E-state index contributed by atoms with van der Waals surface area (Å²) in [6.07, 6.45) is 10.3. The van der Waals surface area contributed by atoms with Crippen molar-refractivity contribution in [3.8, 4) is 0 Å². The lowest BCUT2D eigenvalue weighted by Gasteiger charge is -2.16. The van der Waals surface area contributed by atoms with Crippen molar-refractivity contribution in [2.75, 3.05) is 5.33 Å². The standard InChI is InChI=1S/C15H15BrN2/c1-15(12-16)10-5-8-14(9-11-15)18-17-13-6-3-2-4-7-13/h2-11H,12H2,1H3/b18-17+. The first kappa shape index (κ1) is 13.0. The first-order chi connectivity index (χ1) is 8.72. The Labute approximate surface area is 116 Å². The van der Waals surface area contributed by atoms with E-state index in [9.17, 15) is 0 Å². The van der Waals surface area contributed by atoms with E-state index in [2.05, 4.69) is 45.2 Å². The molecule has 1 aromatic carbocycles. The fraction of sp³-hybridized carbons (Fsp3) is 0.200. The second-order valence-electron chi connectivity index (χ2n) is 4.46. The van der Waals surface area contributed by atoms with E-state index in [1.54, 1.807) is 0 Å². The zero-order chi connectivity index (χ0) is 12.8. The summed E-state index contributed by atoms with van der Waals surface area (Å²) < 4.78 is 0. The third-order valence-corrected chi connectivity index (χ3v) is 3.91. The maximum Gasteiger partial charge on any atom is 0.0857 e. The maximum absolute atomic E-state index is 4.25. The van der Waals surface area contributed by atoms with E-state index < -0.39 is 0 Å². The summed E-state index contributed by atoms with van der Waals surface area (Å²) in [5, 5.41) is 9.34. The van der Waals surface area contributed by atoms with Crippen molar-refractivity contribution < 1.29 is 0 Å². The van der Waals surface area contributed by atoms with Gasteiger partial charge in [0.2, 0.25) is 0 Å². The average Bonchev–Trinajstić information content (AvgIpc) is 2.60. The van der Waals surface area contributed by atoms with Crippen molar-refractivity contribution in [3.63, 3.8) is 0 Å². The highest BCUT2D eigenvalue weighted by atomic mass is 79.9. The van der Waals surface area contributed by atoms with Gasteiger partial charge in [0.25, 0.3) is 0 Å². The van der Waals surface area contributed by atoms with Crippen LogP contribution in [-0.4, -0.2) is 5.33 Å². The number of benzene rings is 1. The third-order valence-electron chi connectivity index (χ3n) is 2.70. The quantitative estimate of drug-likeness (QED) is 0.543. The second-order valence-corrected chi connectivity index (χ2v) is 5.02. The van der Waals surface area contributed by atoms with Crippen molar-refractivity contribution in [2.45, 2.75) is 6.92 Å². The molecule has 2 rings (SSSR count). The van der Waals surface area contributed by atoms with Gasteiger partial charge in [-0.3, -0.25) is 0 Å². The maximum atomic E-state index is 4.25. The molecule has 2 nitrogen and oxygen atoms in total. The Morgan fingerprint density at radius 2 is 1.89 bits per heavy atom. The zero-order valence-corrected chi connectivity index (χ0v) is 11.8. The summed E-state index contributed by atoms with van der Waals surface area (Å²) >= 11 is 3.52. The first-order valence-electron chi connectivity index (χ1n) is 5.83. The molecule has 18 heavy (non-hydrogen) atoms. The number of hydrogen-bond acceptors (Lipinski definition) is 2. The molecule has 92 valence electrons. The minimum Gasteiger partial charge on any atom is -0.151 e. The molecule has 0 N–H and O–H groups in total. The molecule has 1 aliphatic carbocycles. The van der Waals surface area contributed by atoms with Crippen LogP contribution in [0.3, 0.4) is 0 Å². The molecule has 0 amide bonds. The van der Waals surface area contributed by atoms with Crippen molar-refractivity contribution in [3.05, 3.63) is 66.4 Å². The van der Waals surface area contributed by atoms with Crippen LogP contribution < -0.4 is 0 Å². The average molecular weight is 303 g/mol. The number of nitrogens with zero attached hydrogens (tertiary/aromatic N) is 2. The number of azo groups is 1. The van der Waals surface area contributed by atoms with Gasteiger partial charge in [-0.2, -0.15) is 10.2 Å². The molecule has 1 aromatic rings. The minimum atomic E-state index is 0.0422. The monoisotopic (exact) mass is 302 g/mol. The Morgan fingerprint density at radius 3 is 2.61 bits per heavy atom. The molecule has 0 aromatic heterocycles. The van der Waals surface area contributed by atoms with E-state index in [0.717, 1.165) is 16.7 Å². The number of halogens is 1. The molecule has 0 saturated heterocycles. The zero-order valence-electron chi connectivity index (χ0n) is 10.3. The summed E-state index contributed by atoms with van der Waals surface area (Å²) in [4.78, 5) is 0. The number of allylic oxidation sites excluding steroid dienone is 5. The molecule has 0 radical (unpaired) electrons. The van der Waals surface area contributed by atoms with Gasteiger partial charge in [-0.05, 0) is 24.3 Å². The lowest BCUT2D eigenvalue weighted by Crippen LogP contribution is -2.10. The molecule has 0 heterocycles. The SMILES string of the molecule is CC1(CBr)C=CC=C(/N=N/c2ccccc2)C=C1. The molecule has 0 bridgehead atoms. The van der Waals surface area contributed by atoms with Crippen LogP contribution in [0.2, 0.25) is 0 Å². The molecular weight excluding hydrogens is 288 g/mol. The topological polar surface area (TPSA) is 24.7 Å². The van der Waals surface area contributed by atoms with E-state index in [0.29, 0.717) is 0 Å². The highest BCUT2D eigenvalue weighted by molar-refractivity contribution is 9.09. The smallest absolute Gasteiger partial charge is 0.0857 e. The van der Waals surface area contributed by atoms with E-state index in [4.69, 9.17) is 0 Å². The van der Waals surface area contributed by atoms with Crippen LogP contribution in [0.4, 0.5) is 5.69 Å². The van der Waals surface area contributed by atoms with Gasteiger partial charge in [0, 0.05) is 10.7 Å². The highest BCUT2D eigenvalue weighted by Crippen LogP contribution is 2.26. The molecule has 0 saturated carbocycles. The normalized spacial score (nSPS) is 23.1. The molecule has 1 unspecified atom stereocenters. The predicted molar refractivity (Wildman–Crippen MR) is 79.2 cm³/mol. The van der Waals surface area contributed by atoms with E-state index in [1.165, 1.54) is 0 Å². The molecule has 1 aliphatic rings. The number of hydrogen-bond donors (Lipinski definition) is 0. The Balaban J connectivity index is 2.13.